The normalized spacial score (nSPS) is 17.7. The van der Waals surface area contributed by atoms with E-state index in [0.29, 0.717) is 37.6 Å². The topological polar surface area (TPSA) is 60.9 Å². The van der Waals surface area contributed by atoms with Crippen LogP contribution in [0.25, 0.3) is 10.8 Å². The van der Waals surface area contributed by atoms with Crippen LogP contribution in [-0.2, 0) is 10.0 Å². The van der Waals surface area contributed by atoms with Crippen molar-refractivity contribution in [1.82, 2.24) is 9.21 Å². The van der Waals surface area contributed by atoms with Gasteiger partial charge in [0, 0.05) is 42.6 Å². The second-order valence-electron chi connectivity index (χ2n) is 5.56. The highest BCUT2D eigenvalue weighted by molar-refractivity contribution is 9.10. The second-order valence-corrected chi connectivity index (χ2v) is 8.32. The highest BCUT2D eigenvalue weighted by Crippen LogP contribution is 2.31. The van der Waals surface area contributed by atoms with Gasteiger partial charge in [-0.1, -0.05) is 40.2 Å². The third-order valence-electron chi connectivity index (χ3n) is 4.20. The van der Waals surface area contributed by atoms with Gasteiger partial charge in [-0.3, -0.25) is 4.90 Å². The molecular weight excluding hydrogens is 380 g/mol. The number of nitrogens with zero attached hydrogens (tertiary/aromatic N) is 2. The molecule has 1 aliphatic heterocycles. The molecule has 0 spiro atoms. The summed E-state index contributed by atoms with van der Waals surface area (Å²) in [6, 6.07) is 11.0. The Morgan fingerprint density at radius 2 is 1.65 bits per heavy atom. The first-order valence-electron chi connectivity index (χ1n) is 7.54. The quantitative estimate of drug-likeness (QED) is 0.854. The fourth-order valence-electron chi connectivity index (χ4n) is 2.93. The third kappa shape index (κ3) is 3.29. The van der Waals surface area contributed by atoms with Crippen LogP contribution in [0, 0.1) is 0 Å². The number of benzene rings is 2. The van der Waals surface area contributed by atoms with Crippen molar-refractivity contribution in [3.05, 3.63) is 40.9 Å². The standard InChI is InChI=1S/C16H19BrN2O3S/c17-15-5-6-16(14-4-2-1-3-13(14)15)23(21,22)19-9-7-18(8-10-19)11-12-20/h1-6,20H,7-12H2. The minimum Gasteiger partial charge on any atom is -0.395 e. The van der Waals surface area contributed by atoms with E-state index in [1.165, 1.54) is 4.31 Å². The van der Waals surface area contributed by atoms with Crippen molar-refractivity contribution in [2.24, 2.45) is 0 Å². The number of β-amino-alcohol motifs (C(OH)–C–C–N with tert-alkyl or cyclic N) is 1. The fourth-order valence-corrected chi connectivity index (χ4v) is 5.03. The average Bonchev–Trinajstić information content (AvgIpc) is 2.56. The van der Waals surface area contributed by atoms with Gasteiger partial charge < -0.3 is 5.11 Å². The number of hydrogen-bond donors (Lipinski definition) is 1. The second kappa shape index (κ2) is 6.86. The van der Waals surface area contributed by atoms with Gasteiger partial charge in [0.25, 0.3) is 0 Å². The molecule has 1 heterocycles. The molecule has 1 fully saturated rings. The van der Waals surface area contributed by atoms with Crippen LogP contribution in [0.2, 0.25) is 0 Å². The molecule has 23 heavy (non-hydrogen) atoms. The Balaban J connectivity index is 1.94. The monoisotopic (exact) mass is 398 g/mol. The first-order chi connectivity index (χ1) is 11.0. The van der Waals surface area contributed by atoms with Crippen LogP contribution in [-0.4, -0.2) is 62.1 Å². The molecule has 1 saturated heterocycles. The van der Waals surface area contributed by atoms with Crippen molar-refractivity contribution in [2.75, 3.05) is 39.3 Å². The smallest absolute Gasteiger partial charge is 0.243 e. The van der Waals surface area contributed by atoms with Crippen LogP contribution in [0.3, 0.4) is 0 Å². The Morgan fingerprint density at radius 3 is 2.30 bits per heavy atom. The molecule has 0 aliphatic carbocycles. The van der Waals surface area contributed by atoms with Crippen molar-refractivity contribution in [3.63, 3.8) is 0 Å². The zero-order chi connectivity index (χ0) is 16.4. The lowest BCUT2D eigenvalue weighted by Crippen LogP contribution is -2.49. The molecule has 0 unspecified atom stereocenters. The predicted molar refractivity (Wildman–Crippen MR) is 93.9 cm³/mol. The van der Waals surface area contributed by atoms with Gasteiger partial charge in [-0.15, -0.1) is 0 Å². The van der Waals surface area contributed by atoms with Crippen molar-refractivity contribution < 1.29 is 13.5 Å². The van der Waals surface area contributed by atoms with Crippen LogP contribution in [0.15, 0.2) is 45.8 Å². The molecule has 0 saturated carbocycles. The minimum absolute atomic E-state index is 0.101. The molecule has 2 aromatic rings. The van der Waals surface area contributed by atoms with E-state index in [4.69, 9.17) is 5.11 Å². The third-order valence-corrected chi connectivity index (χ3v) is 6.84. The van der Waals surface area contributed by atoms with E-state index >= 15 is 0 Å². The number of hydrogen-bond acceptors (Lipinski definition) is 4. The molecule has 0 radical (unpaired) electrons. The van der Waals surface area contributed by atoms with E-state index in [9.17, 15) is 8.42 Å². The minimum atomic E-state index is -3.52. The van der Waals surface area contributed by atoms with E-state index < -0.39 is 10.0 Å². The summed E-state index contributed by atoms with van der Waals surface area (Å²) in [5, 5.41) is 10.6. The summed E-state index contributed by atoms with van der Waals surface area (Å²) in [6.07, 6.45) is 0. The molecule has 2 aromatic carbocycles. The van der Waals surface area contributed by atoms with Crippen LogP contribution in [0.4, 0.5) is 0 Å². The lowest BCUT2D eigenvalue weighted by Gasteiger charge is -2.33. The Labute approximate surface area is 144 Å². The lowest BCUT2D eigenvalue weighted by molar-refractivity contribution is 0.151. The van der Waals surface area contributed by atoms with Crippen molar-refractivity contribution in [1.29, 1.82) is 0 Å². The number of aliphatic hydroxyl groups excluding tert-OH is 1. The number of aliphatic hydroxyl groups is 1. The van der Waals surface area contributed by atoms with Gasteiger partial charge in [0.15, 0.2) is 0 Å². The number of sulfonamides is 1. The maximum atomic E-state index is 13.0. The van der Waals surface area contributed by atoms with Gasteiger partial charge in [-0.05, 0) is 17.5 Å². The number of rotatable bonds is 4. The molecule has 0 bridgehead atoms. The largest absolute Gasteiger partial charge is 0.395 e. The summed E-state index contributed by atoms with van der Waals surface area (Å²) >= 11 is 3.48. The Hall–Kier alpha value is -0.990. The summed E-state index contributed by atoms with van der Waals surface area (Å²) in [6.45, 7) is 2.89. The van der Waals surface area contributed by atoms with Gasteiger partial charge in [-0.2, -0.15) is 4.31 Å². The highest BCUT2D eigenvalue weighted by Gasteiger charge is 2.29. The summed E-state index contributed by atoms with van der Waals surface area (Å²) < 4.78 is 28.5. The molecule has 0 atom stereocenters. The molecule has 1 N–H and O–H groups in total. The average molecular weight is 399 g/mol. The predicted octanol–water partition coefficient (Wildman–Crippen LogP) is 1.90. The van der Waals surface area contributed by atoms with Crippen LogP contribution < -0.4 is 0 Å². The van der Waals surface area contributed by atoms with Gasteiger partial charge in [0.05, 0.1) is 11.5 Å². The van der Waals surface area contributed by atoms with Crippen molar-refractivity contribution >= 4 is 36.7 Å². The van der Waals surface area contributed by atoms with E-state index in [2.05, 4.69) is 20.8 Å². The van der Waals surface area contributed by atoms with Crippen LogP contribution >= 0.6 is 15.9 Å². The number of piperazine rings is 1. The molecule has 0 amide bonds. The molecule has 0 aromatic heterocycles. The zero-order valence-corrected chi connectivity index (χ0v) is 15.1. The number of halogens is 1. The molecular formula is C16H19BrN2O3S. The Morgan fingerprint density at radius 1 is 1.00 bits per heavy atom. The summed E-state index contributed by atoms with van der Waals surface area (Å²) in [4.78, 5) is 2.43. The first-order valence-corrected chi connectivity index (χ1v) is 9.78. The van der Waals surface area contributed by atoms with Crippen molar-refractivity contribution in [2.45, 2.75) is 4.90 Å². The zero-order valence-electron chi connectivity index (χ0n) is 12.7. The highest BCUT2D eigenvalue weighted by atomic mass is 79.9. The Kier molecular flexibility index (Phi) is 5.03. The first kappa shape index (κ1) is 16.9. The fraction of sp³-hybridized carbons (Fsp3) is 0.375. The lowest BCUT2D eigenvalue weighted by atomic mass is 10.1. The van der Waals surface area contributed by atoms with Gasteiger partial charge >= 0.3 is 0 Å². The van der Waals surface area contributed by atoms with Gasteiger partial charge in [0.2, 0.25) is 10.0 Å². The van der Waals surface area contributed by atoms with E-state index in [-0.39, 0.29) is 6.61 Å². The maximum Gasteiger partial charge on any atom is 0.243 e. The van der Waals surface area contributed by atoms with Crippen LogP contribution in [0.5, 0.6) is 0 Å². The molecule has 124 valence electrons. The summed E-state index contributed by atoms with van der Waals surface area (Å²) in [7, 11) is -3.52. The van der Waals surface area contributed by atoms with Gasteiger partial charge in [-0.25, -0.2) is 8.42 Å². The van der Waals surface area contributed by atoms with Crippen molar-refractivity contribution in [3.8, 4) is 0 Å². The molecule has 1 aliphatic rings. The molecule has 5 nitrogen and oxygen atoms in total. The van der Waals surface area contributed by atoms with Crippen LogP contribution in [0.1, 0.15) is 0 Å². The van der Waals surface area contributed by atoms with E-state index in [1.807, 2.05) is 24.3 Å². The summed E-state index contributed by atoms with van der Waals surface area (Å²) in [5.41, 5.74) is 0. The van der Waals surface area contributed by atoms with E-state index in [1.54, 1.807) is 12.1 Å². The molecule has 7 heteroatoms. The van der Waals surface area contributed by atoms with Gasteiger partial charge in [0.1, 0.15) is 0 Å². The molecule has 3 rings (SSSR count). The maximum absolute atomic E-state index is 13.0. The number of fused-ring (bicyclic) bond motifs is 1. The summed E-state index contributed by atoms with van der Waals surface area (Å²) in [5.74, 6) is 0. The Bertz CT molecular complexity index is 802. The van der Waals surface area contributed by atoms with E-state index in [0.717, 1.165) is 15.2 Å². The SMILES string of the molecule is O=S(=O)(c1ccc(Br)c2ccccc12)N1CCN(CCO)CC1.